The maximum absolute atomic E-state index is 6.54. The Morgan fingerprint density at radius 2 is 0.766 bits per heavy atom. The number of rotatable bonds is 2. The lowest BCUT2D eigenvalue weighted by Gasteiger charge is -2.17. The highest BCUT2D eigenvalue weighted by Gasteiger charge is 2.19. The van der Waals surface area contributed by atoms with Gasteiger partial charge in [-0.2, -0.15) is 0 Å². The second-order valence-corrected chi connectivity index (χ2v) is 13.5. The van der Waals surface area contributed by atoms with E-state index >= 15 is 0 Å². The van der Waals surface area contributed by atoms with E-state index in [-0.39, 0.29) is 0 Å². The minimum atomic E-state index is 0.838. The number of para-hydroxylation sites is 1. The number of thiophene rings is 1. The van der Waals surface area contributed by atoms with Gasteiger partial charge in [0.25, 0.3) is 0 Å². The lowest BCUT2D eigenvalue weighted by atomic mass is 9.85. The third-order valence-electron chi connectivity index (χ3n) is 9.86. The molecule has 11 rings (SSSR count). The topological polar surface area (TPSA) is 26.3 Å². The van der Waals surface area contributed by atoms with E-state index in [1.165, 1.54) is 58.4 Å². The molecule has 0 saturated carbocycles. The van der Waals surface area contributed by atoms with E-state index < -0.39 is 0 Å². The van der Waals surface area contributed by atoms with Crippen LogP contribution in [0.4, 0.5) is 0 Å². The van der Waals surface area contributed by atoms with Crippen LogP contribution in [0.15, 0.2) is 154 Å². The lowest BCUT2D eigenvalue weighted by molar-refractivity contribution is 0.656. The summed E-state index contributed by atoms with van der Waals surface area (Å²) in [7, 11) is 0. The van der Waals surface area contributed by atoms with Crippen LogP contribution in [0.5, 0.6) is 0 Å². The minimum absolute atomic E-state index is 0.838. The molecule has 8 aromatic carbocycles. The molecule has 0 aliphatic rings. The fourth-order valence-electron chi connectivity index (χ4n) is 7.78. The molecule has 11 aromatic rings. The van der Waals surface area contributed by atoms with Crippen molar-refractivity contribution >= 4 is 96.9 Å². The minimum Gasteiger partial charge on any atom is -0.456 e. The molecule has 3 heterocycles. The Balaban J connectivity index is 1.16. The molecule has 0 radical (unpaired) electrons. The second-order valence-electron chi connectivity index (χ2n) is 12.4. The van der Waals surface area contributed by atoms with Crippen LogP contribution in [-0.4, -0.2) is 0 Å². The second kappa shape index (κ2) is 9.32. The molecule has 0 amide bonds. The molecule has 0 N–H and O–H groups in total. The van der Waals surface area contributed by atoms with Gasteiger partial charge in [-0.1, -0.05) is 103 Å². The van der Waals surface area contributed by atoms with Crippen LogP contribution in [0.25, 0.3) is 108 Å². The van der Waals surface area contributed by atoms with Crippen molar-refractivity contribution in [2.75, 3.05) is 0 Å². The van der Waals surface area contributed by atoms with E-state index in [1.54, 1.807) is 0 Å². The lowest BCUT2D eigenvalue weighted by Crippen LogP contribution is -1.90. The van der Waals surface area contributed by atoms with Gasteiger partial charge in [-0.05, 0) is 80.2 Å². The Morgan fingerprint density at radius 3 is 1.45 bits per heavy atom. The van der Waals surface area contributed by atoms with E-state index in [0.29, 0.717) is 0 Å². The highest BCUT2D eigenvalue weighted by Crippen LogP contribution is 2.46. The van der Waals surface area contributed by atoms with Gasteiger partial charge in [0.15, 0.2) is 0 Å². The molecule has 218 valence electrons. The fourth-order valence-corrected chi connectivity index (χ4v) is 8.93. The summed E-state index contributed by atoms with van der Waals surface area (Å²) >= 11 is 1.87. The quantitative estimate of drug-likeness (QED) is 0.181. The molecule has 0 fully saturated rings. The van der Waals surface area contributed by atoms with Gasteiger partial charge < -0.3 is 8.83 Å². The van der Waals surface area contributed by atoms with E-state index in [1.807, 2.05) is 29.5 Å². The Labute approximate surface area is 272 Å². The van der Waals surface area contributed by atoms with Crippen LogP contribution in [0.1, 0.15) is 0 Å². The van der Waals surface area contributed by atoms with Gasteiger partial charge in [-0.15, -0.1) is 11.3 Å². The van der Waals surface area contributed by atoms with Crippen molar-refractivity contribution < 1.29 is 8.83 Å². The highest BCUT2D eigenvalue weighted by atomic mass is 32.1. The average molecular weight is 617 g/mol. The average Bonchev–Trinajstić information content (AvgIpc) is 3.79. The molecule has 3 heteroatoms. The van der Waals surface area contributed by atoms with Gasteiger partial charge in [0.2, 0.25) is 0 Å². The smallest absolute Gasteiger partial charge is 0.139 e. The van der Waals surface area contributed by atoms with Crippen LogP contribution in [-0.2, 0) is 0 Å². The Morgan fingerprint density at radius 1 is 0.298 bits per heavy atom. The Bertz CT molecular complexity index is 3020. The summed E-state index contributed by atoms with van der Waals surface area (Å²) in [6.07, 6.45) is 0. The maximum atomic E-state index is 6.54. The Kier molecular flexibility index (Phi) is 5.02. The molecule has 2 nitrogen and oxygen atoms in total. The molecule has 47 heavy (non-hydrogen) atoms. The number of furan rings is 2. The summed E-state index contributed by atoms with van der Waals surface area (Å²) in [5, 5.41) is 12.1. The maximum Gasteiger partial charge on any atom is 0.139 e. The van der Waals surface area contributed by atoms with Crippen LogP contribution in [0.3, 0.4) is 0 Å². The molecular formula is C44H24O2S. The Hall–Kier alpha value is -5.90. The molecule has 3 aromatic heterocycles. The van der Waals surface area contributed by atoms with Crippen molar-refractivity contribution in [1.82, 2.24) is 0 Å². The molecule has 0 saturated heterocycles. The number of hydrogen-bond acceptors (Lipinski definition) is 3. The van der Waals surface area contributed by atoms with E-state index in [9.17, 15) is 0 Å². The molecule has 0 aliphatic heterocycles. The zero-order valence-corrected chi connectivity index (χ0v) is 25.9. The van der Waals surface area contributed by atoms with Crippen LogP contribution in [0.2, 0.25) is 0 Å². The molecule has 0 bridgehead atoms. The van der Waals surface area contributed by atoms with Gasteiger partial charge in [0, 0.05) is 47.8 Å². The first-order valence-corrected chi connectivity index (χ1v) is 16.7. The zero-order valence-electron chi connectivity index (χ0n) is 25.1. The monoisotopic (exact) mass is 616 g/mol. The van der Waals surface area contributed by atoms with Crippen LogP contribution in [0, 0.1) is 0 Å². The summed E-state index contributed by atoms with van der Waals surface area (Å²) in [5.41, 5.74) is 8.35. The summed E-state index contributed by atoms with van der Waals surface area (Å²) in [5.74, 6) is 0. The zero-order chi connectivity index (χ0) is 30.6. The predicted molar refractivity (Wildman–Crippen MR) is 200 cm³/mol. The third-order valence-corrected chi connectivity index (χ3v) is 11.0. The van der Waals surface area contributed by atoms with Gasteiger partial charge in [0.05, 0.1) is 0 Å². The van der Waals surface area contributed by atoms with Crippen molar-refractivity contribution in [3.63, 3.8) is 0 Å². The number of fused-ring (bicyclic) bond motifs is 11. The molecule has 0 atom stereocenters. The van der Waals surface area contributed by atoms with Gasteiger partial charge in [-0.3, -0.25) is 0 Å². The summed E-state index contributed by atoms with van der Waals surface area (Å²) in [4.78, 5) is 0. The molecule has 0 aliphatic carbocycles. The number of benzene rings is 8. The first-order valence-electron chi connectivity index (χ1n) is 15.9. The molecule has 0 spiro atoms. The third kappa shape index (κ3) is 3.55. The fraction of sp³-hybridized carbons (Fsp3) is 0. The van der Waals surface area contributed by atoms with Crippen molar-refractivity contribution in [2.45, 2.75) is 0 Å². The van der Waals surface area contributed by atoms with Crippen molar-refractivity contribution in [2.24, 2.45) is 0 Å². The van der Waals surface area contributed by atoms with E-state index in [0.717, 1.165) is 49.4 Å². The summed E-state index contributed by atoms with van der Waals surface area (Å²) < 4.78 is 15.4. The normalized spacial score (nSPS) is 12.3. The number of hydrogen-bond donors (Lipinski definition) is 0. The van der Waals surface area contributed by atoms with Crippen LogP contribution < -0.4 is 0 Å². The SMILES string of the molecule is c1ccc2c(c1)oc1cc3oc4cc(-c5c6ccccc6c(-c6ccc7c(c6)sc6ccccc67)c6ccccc56)ccc4c3cc12. The van der Waals surface area contributed by atoms with Gasteiger partial charge in [-0.25, -0.2) is 0 Å². The van der Waals surface area contributed by atoms with Gasteiger partial charge in [0.1, 0.15) is 22.3 Å². The predicted octanol–water partition coefficient (Wildman–Crippen LogP) is 13.5. The highest BCUT2D eigenvalue weighted by molar-refractivity contribution is 7.25. The van der Waals surface area contributed by atoms with Crippen LogP contribution >= 0.6 is 11.3 Å². The first kappa shape index (κ1) is 25.3. The van der Waals surface area contributed by atoms with E-state index in [4.69, 9.17) is 8.83 Å². The standard InChI is InChI=1S/C44H24O2S/c1-3-13-33-31(11-1)43(25-17-19-28-36-23-35-27-9-5-7-15-37(27)45-39(35)24-40(36)46-38(28)21-25)32-12-2-4-14-34(32)44(33)26-18-20-30-29-10-6-8-16-41(29)47-42(30)22-26/h1-24H. The largest absolute Gasteiger partial charge is 0.456 e. The first-order chi connectivity index (χ1) is 23.3. The summed E-state index contributed by atoms with van der Waals surface area (Å²) in [6, 6.07) is 52.5. The molecule has 0 unspecified atom stereocenters. The van der Waals surface area contributed by atoms with Crippen molar-refractivity contribution in [3.8, 4) is 22.3 Å². The summed E-state index contributed by atoms with van der Waals surface area (Å²) in [6.45, 7) is 0. The van der Waals surface area contributed by atoms with E-state index in [2.05, 4.69) is 127 Å². The molecular weight excluding hydrogens is 593 g/mol. The van der Waals surface area contributed by atoms with Crippen molar-refractivity contribution in [3.05, 3.63) is 146 Å². The van der Waals surface area contributed by atoms with Gasteiger partial charge >= 0.3 is 0 Å². The van der Waals surface area contributed by atoms with Crippen molar-refractivity contribution in [1.29, 1.82) is 0 Å².